The number of nitro groups is 1. The summed E-state index contributed by atoms with van der Waals surface area (Å²) in [6.07, 6.45) is 0.999. The molecule has 0 bridgehead atoms. The maximum Gasteiger partial charge on any atom is 0.292 e. The van der Waals surface area contributed by atoms with Crippen LogP contribution in [0.2, 0.25) is 0 Å². The minimum absolute atomic E-state index is 0.150. The summed E-state index contributed by atoms with van der Waals surface area (Å²) in [5.41, 5.74) is 1.72. The molecule has 0 saturated carbocycles. The summed E-state index contributed by atoms with van der Waals surface area (Å²) in [6.45, 7) is 3.35. The van der Waals surface area contributed by atoms with Gasteiger partial charge >= 0.3 is 0 Å². The molecule has 0 radical (unpaired) electrons. The molecule has 0 aliphatic carbocycles. The lowest BCUT2D eigenvalue weighted by Gasteiger charge is -2.07. The maximum absolute atomic E-state index is 11.0. The van der Waals surface area contributed by atoms with Gasteiger partial charge in [0.15, 0.2) is 0 Å². The first kappa shape index (κ1) is 15.8. The Labute approximate surface area is 117 Å². The largest absolute Gasteiger partial charge is 0.385 e. The van der Waals surface area contributed by atoms with Crippen molar-refractivity contribution in [2.45, 2.75) is 19.1 Å². The summed E-state index contributed by atoms with van der Waals surface area (Å²) >= 11 is 1.76. The van der Waals surface area contributed by atoms with Crippen molar-refractivity contribution in [1.82, 2.24) is 0 Å². The summed E-state index contributed by atoms with van der Waals surface area (Å²) < 4.78 is 4.98. The molecule has 1 aromatic rings. The zero-order valence-electron chi connectivity index (χ0n) is 11.3. The monoisotopic (exact) mass is 284 g/mol. The van der Waals surface area contributed by atoms with E-state index in [0.29, 0.717) is 12.2 Å². The number of hydrogen-bond donors (Lipinski definition) is 1. The van der Waals surface area contributed by atoms with Gasteiger partial charge in [0.2, 0.25) is 0 Å². The molecule has 106 valence electrons. The van der Waals surface area contributed by atoms with E-state index in [1.54, 1.807) is 31.0 Å². The fourth-order valence-corrected chi connectivity index (χ4v) is 2.53. The van der Waals surface area contributed by atoms with Crippen LogP contribution in [0.25, 0.3) is 0 Å². The molecule has 1 aromatic carbocycles. The second-order valence-corrected chi connectivity index (χ2v) is 5.14. The predicted molar refractivity (Wildman–Crippen MR) is 79.9 cm³/mol. The molecule has 0 heterocycles. The molecule has 0 fully saturated rings. The normalized spacial score (nSPS) is 10.4. The second-order valence-electron chi connectivity index (χ2n) is 4.04. The fourth-order valence-electron chi connectivity index (χ4n) is 1.65. The van der Waals surface area contributed by atoms with Crippen molar-refractivity contribution in [2.75, 3.05) is 31.3 Å². The van der Waals surface area contributed by atoms with E-state index >= 15 is 0 Å². The summed E-state index contributed by atoms with van der Waals surface area (Å²) in [7, 11) is 1.69. The molecule has 1 N–H and O–H groups in total. The Morgan fingerprint density at radius 1 is 1.47 bits per heavy atom. The number of ether oxygens (including phenoxy) is 1. The van der Waals surface area contributed by atoms with Crippen molar-refractivity contribution < 1.29 is 9.66 Å². The Morgan fingerprint density at radius 2 is 2.26 bits per heavy atom. The molecular formula is C13H20N2O3S. The summed E-state index contributed by atoms with van der Waals surface area (Å²) in [5, 5.41) is 14.0. The Hall–Kier alpha value is -1.27. The third kappa shape index (κ3) is 5.48. The standard InChI is InChI=1S/C13H20N2O3S/c1-3-14-12-6-5-11(9-13(12)15(16)17)10-19-8-4-7-18-2/h5-6,9,14H,3-4,7-8,10H2,1-2H3. The quantitative estimate of drug-likeness (QED) is 0.428. The van der Waals surface area contributed by atoms with E-state index in [1.165, 1.54) is 0 Å². The molecule has 0 aliphatic rings. The van der Waals surface area contributed by atoms with Crippen LogP contribution in [0.15, 0.2) is 18.2 Å². The molecule has 0 saturated heterocycles. The smallest absolute Gasteiger partial charge is 0.292 e. The molecule has 0 spiro atoms. The van der Waals surface area contributed by atoms with Crippen LogP contribution in [-0.4, -0.2) is 30.9 Å². The zero-order valence-corrected chi connectivity index (χ0v) is 12.2. The van der Waals surface area contributed by atoms with Crippen LogP contribution in [0.5, 0.6) is 0 Å². The highest BCUT2D eigenvalue weighted by molar-refractivity contribution is 7.98. The van der Waals surface area contributed by atoms with E-state index in [9.17, 15) is 10.1 Å². The highest BCUT2D eigenvalue weighted by Gasteiger charge is 2.13. The van der Waals surface area contributed by atoms with Gasteiger partial charge < -0.3 is 10.1 Å². The number of rotatable bonds is 9. The lowest BCUT2D eigenvalue weighted by molar-refractivity contribution is -0.384. The fraction of sp³-hybridized carbons (Fsp3) is 0.538. The molecule has 5 nitrogen and oxygen atoms in total. The second kappa shape index (κ2) is 8.77. The van der Waals surface area contributed by atoms with Crippen LogP contribution in [0.4, 0.5) is 11.4 Å². The van der Waals surface area contributed by atoms with Crippen molar-refractivity contribution >= 4 is 23.1 Å². The first-order valence-electron chi connectivity index (χ1n) is 6.27. The third-order valence-corrected chi connectivity index (χ3v) is 3.65. The number of nitrogens with zero attached hydrogens (tertiary/aromatic N) is 1. The summed E-state index contributed by atoms with van der Waals surface area (Å²) in [4.78, 5) is 10.7. The van der Waals surface area contributed by atoms with E-state index in [4.69, 9.17) is 4.74 Å². The van der Waals surface area contributed by atoms with Crippen molar-refractivity contribution in [1.29, 1.82) is 0 Å². The van der Waals surface area contributed by atoms with Gasteiger partial charge in [0, 0.05) is 32.1 Å². The first-order valence-corrected chi connectivity index (χ1v) is 7.42. The molecule has 1 rings (SSSR count). The molecule has 0 unspecified atom stereocenters. The van der Waals surface area contributed by atoms with Gasteiger partial charge in [-0.3, -0.25) is 10.1 Å². The lowest BCUT2D eigenvalue weighted by Crippen LogP contribution is -2.01. The summed E-state index contributed by atoms with van der Waals surface area (Å²) in [5.74, 6) is 1.79. The van der Waals surface area contributed by atoms with Crippen LogP contribution >= 0.6 is 11.8 Å². The average molecular weight is 284 g/mol. The van der Waals surface area contributed by atoms with Gasteiger partial charge in [0.05, 0.1) is 4.92 Å². The predicted octanol–water partition coefficient (Wildman–Crippen LogP) is 3.30. The average Bonchev–Trinajstić information content (AvgIpc) is 2.40. The van der Waals surface area contributed by atoms with Crippen LogP contribution in [0.1, 0.15) is 18.9 Å². The van der Waals surface area contributed by atoms with Crippen LogP contribution in [0.3, 0.4) is 0 Å². The third-order valence-electron chi connectivity index (χ3n) is 2.53. The summed E-state index contributed by atoms with van der Waals surface area (Å²) in [6, 6.07) is 5.38. The molecule has 0 atom stereocenters. The SMILES string of the molecule is CCNc1ccc(CSCCCOC)cc1[N+](=O)[O-]. The molecule has 0 amide bonds. The number of nitro benzene ring substituents is 1. The Morgan fingerprint density at radius 3 is 2.89 bits per heavy atom. The number of nitrogens with one attached hydrogen (secondary N) is 1. The van der Waals surface area contributed by atoms with Crippen molar-refractivity contribution in [3.05, 3.63) is 33.9 Å². The van der Waals surface area contributed by atoms with E-state index in [-0.39, 0.29) is 10.6 Å². The number of methoxy groups -OCH3 is 1. The van der Waals surface area contributed by atoms with Gasteiger partial charge in [-0.2, -0.15) is 11.8 Å². The van der Waals surface area contributed by atoms with Crippen LogP contribution < -0.4 is 5.32 Å². The highest BCUT2D eigenvalue weighted by Crippen LogP contribution is 2.27. The zero-order chi connectivity index (χ0) is 14.1. The van der Waals surface area contributed by atoms with Crippen molar-refractivity contribution in [2.24, 2.45) is 0 Å². The van der Waals surface area contributed by atoms with Gasteiger partial charge in [-0.05, 0) is 30.7 Å². The van der Waals surface area contributed by atoms with E-state index in [1.807, 2.05) is 13.0 Å². The van der Waals surface area contributed by atoms with Crippen molar-refractivity contribution in [3.8, 4) is 0 Å². The Kier molecular flexibility index (Phi) is 7.28. The van der Waals surface area contributed by atoms with E-state index in [2.05, 4.69) is 5.32 Å². The van der Waals surface area contributed by atoms with Gasteiger partial charge in [-0.15, -0.1) is 0 Å². The van der Waals surface area contributed by atoms with Gasteiger partial charge in [0.25, 0.3) is 5.69 Å². The van der Waals surface area contributed by atoms with Crippen LogP contribution in [-0.2, 0) is 10.5 Å². The highest BCUT2D eigenvalue weighted by atomic mass is 32.2. The van der Waals surface area contributed by atoms with Gasteiger partial charge in [0.1, 0.15) is 5.69 Å². The van der Waals surface area contributed by atoms with E-state index < -0.39 is 0 Å². The number of benzene rings is 1. The number of hydrogen-bond acceptors (Lipinski definition) is 5. The van der Waals surface area contributed by atoms with Gasteiger partial charge in [-0.1, -0.05) is 6.07 Å². The minimum atomic E-state index is -0.336. The van der Waals surface area contributed by atoms with E-state index in [0.717, 1.165) is 30.1 Å². The molecule has 19 heavy (non-hydrogen) atoms. The van der Waals surface area contributed by atoms with Crippen LogP contribution in [0, 0.1) is 10.1 Å². The van der Waals surface area contributed by atoms with Gasteiger partial charge in [-0.25, -0.2) is 0 Å². The first-order chi connectivity index (χ1) is 9.19. The topological polar surface area (TPSA) is 64.4 Å². The molecule has 0 aliphatic heterocycles. The Balaban J connectivity index is 2.60. The number of thioether (sulfide) groups is 1. The Bertz CT molecular complexity index is 413. The molecule has 6 heteroatoms. The van der Waals surface area contributed by atoms with Crippen molar-refractivity contribution in [3.63, 3.8) is 0 Å². The molecular weight excluding hydrogens is 264 g/mol. The molecule has 0 aromatic heterocycles. The lowest BCUT2D eigenvalue weighted by atomic mass is 10.2. The number of anilines is 1. The maximum atomic E-state index is 11.0. The minimum Gasteiger partial charge on any atom is -0.385 e.